The van der Waals surface area contributed by atoms with Crippen molar-refractivity contribution in [2.45, 2.75) is 19.9 Å². The smallest absolute Gasteiger partial charge is 0.225 e. The lowest BCUT2D eigenvalue weighted by molar-refractivity contribution is 0.272. The van der Waals surface area contributed by atoms with E-state index in [0.717, 1.165) is 37.8 Å². The van der Waals surface area contributed by atoms with Crippen LogP contribution in [-0.2, 0) is 6.54 Å². The van der Waals surface area contributed by atoms with Gasteiger partial charge in [-0.15, -0.1) is 0 Å². The predicted octanol–water partition coefficient (Wildman–Crippen LogP) is 0.713. The average Bonchev–Trinajstić information content (AvgIpc) is 2.72. The zero-order valence-corrected chi connectivity index (χ0v) is 11.6. The van der Waals surface area contributed by atoms with Crippen LogP contribution in [0.25, 0.3) is 0 Å². The van der Waals surface area contributed by atoms with Crippen LogP contribution in [0.5, 0.6) is 0 Å². The number of aromatic nitrogens is 2. The molecule has 1 unspecified atom stereocenters. The third-order valence-electron chi connectivity index (χ3n) is 3.62. The summed E-state index contributed by atoms with van der Waals surface area (Å²) in [6.07, 6.45) is 3.00. The summed E-state index contributed by atoms with van der Waals surface area (Å²) in [6, 6.07) is 1.99. The first-order chi connectivity index (χ1) is 8.52. The Morgan fingerprint density at radius 2 is 2.28 bits per heavy atom. The molecule has 0 amide bonds. The lowest BCUT2D eigenvalue weighted by Gasteiger charge is -2.22. The molecule has 0 spiro atoms. The molecule has 18 heavy (non-hydrogen) atoms. The summed E-state index contributed by atoms with van der Waals surface area (Å²) in [5, 5.41) is 0. The highest BCUT2D eigenvalue weighted by Crippen LogP contribution is 2.29. The molecule has 1 atom stereocenters. The highest BCUT2D eigenvalue weighted by molar-refractivity contribution is 5.27. The van der Waals surface area contributed by atoms with E-state index < -0.39 is 0 Å². The summed E-state index contributed by atoms with van der Waals surface area (Å²) in [7, 11) is 3.92. The van der Waals surface area contributed by atoms with E-state index in [4.69, 9.17) is 5.73 Å². The summed E-state index contributed by atoms with van der Waals surface area (Å²) in [6.45, 7) is 6.08. The Labute approximate surface area is 109 Å². The molecule has 5 nitrogen and oxygen atoms in total. The molecule has 100 valence electrons. The molecule has 5 heteroatoms. The second-order valence-electron chi connectivity index (χ2n) is 5.72. The Bertz CT molecular complexity index is 406. The zero-order valence-electron chi connectivity index (χ0n) is 11.6. The van der Waals surface area contributed by atoms with Gasteiger partial charge in [0.15, 0.2) is 0 Å². The number of hydrogen-bond acceptors (Lipinski definition) is 5. The fourth-order valence-corrected chi connectivity index (χ4v) is 2.34. The summed E-state index contributed by atoms with van der Waals surface area (Å²) in [5.74, 6) is 0.772. The van der Waals surface area contributed by atoms with Crippen LogP contribution in [0, 0.1) is 5.41 Å². The van der Waals surface area contributed by atoms with Crippen LogP contribution in [0.1, 0.15) is 19.0 Å². The third-order valence-corrected chi connectivity index (χ3v) is 3.62. The number of hydrogen-bond donors (Lipinski definition) is 1. The largest absolute Gasteiger partial charge is 0.347 e. The third kappa shape index (κ3) is 2.97. The van der Waals surface area contributed by atoms with E-state index in [1.807, 2.05) is 31.3 Å². The van der Waals surface area contributed by atoms with Gasteiger partial charge in [0.05, 0.1) is 5.69 Å². The zero-order chi connectivity index (χ0) is 13.2. The summed E-state index contributed by atoms with van der Waals surface area (Å²) in [4.78, 5) is 13.1. The van der Waals surface area contributed by atoms with Crippen molar-refractivity contribution < 1.29 is 0 Å². The van der Waals surface area contributed by atoms with Crippen molar-refractivity contribution in [1.82, 2.24) is 14.9 Å². The first-order valence-corrected chi connectivity index (χ1v) is 6.44. The van der Waals surface area contributed by atoms with Crippen LogP contribution >= 0.6 is 0 Å². The molecule has 1 aromatic rings. The summed E-state index contributed by atoms with van der Waals surface area (Å²) >= 11 is 0. The van der Waals surface area contributed by atoms with Gasteiger partial charge in [-0.25, -0.2) is 9.97 Å². The molecule has 1 fully saturated rings. The molecule has 0 aromatic carbocycles. The van der Waals surface area contributed by atoms with Crippen LogP contribution in [0.15, 0.2) is 12.3 Å². The monoisotopic (exact) mass is 249 g/mol. The Kier molecular flexibility index (Phi) is 3.82. The quantitative estimate of drug-likeness (QED) is 0.852. The van der Waals surface area contributed by atoms with Gasteiger partial charge in [-0.2, -0.15) is 0 Å². The molecule has 1 saturated heterocycles. The van der Waals surface area contributed by atoms with Gasteiger partial charge in [0.25, 0.3) is 0 Å². The van der Waals surface area contributed by atoms with Gasteiger partial charge in [-0.05, 0) is 31.0 Å². The molecule has 0 saturated carbocycles. The first-order valence-electron chi connectivity index (χ1n) is 6.44. The van der Waals surface area contributed by atoms with Gasteiger partial charge < -0.3 is 10.6 Å². The number of nitrogens with two attached hydrogens (primary N) is 1. The van der Waals surface area contributed by atoms with E-state index in [2.05, 4.69) is 21.8 Å². The summed E-state index contributed by atoms with van der Waals surface area (Å²) in [5.41, 5.74) is 7.18. The molecule has 0 bridgehead atoms. The van der Waals surface area contributed by atoms with Crippen LogP contribution in [0.4, 0.5) is 5.95 Å². The lowest BCUT2D eigenvalue weighted by atomic mass is 9.90. The number of rotatable bonds is 4. The van der Waals surface area contributed by atoms with Crippen molar-refractivity contribution in [1.29, 1.82) is 0 Å². The standard InChI is InChI=1S/C13H23N5/c1-13(9-14)5-7-18(10-13)8-11-4-6-15-12(16-11)17(2)3/h4,6H,5,7-10,14H2,1-3H3. The van der Waals surface area contributed by atoms with Gasteiger partial charge in [0.1, 0.15) is 0 Å². The minimum absolute atomic E-state index is 0.275. The van der Waals surface area contributed by atoms with E-state index in [1.165, 1.54) is 6.42 Å². The Morgan fingerprint density at radius 3 is 2.89 bits per heavy atom. The van der Waals surface area contributed by atoms with E-state index >= 15 is 0 Å². The maximum atomic E-state index is 5.83. The maximum Gasteiger partial charge on any atom is 0.225 e. The van der Waals surface area contributed by atoms with Gasteiger partial charge in [-0.3, -0.25) is 4.90 Å². The highest BCUT2D eigenvalue weighted by Gasteiger charge is 2.32. The number of likely N-dealkylation sites (tertiary alicyclic amines) is 1. The van der Waals surface area contributed by atoms with Crippen LogP contribution in [-0.4, -0.2) is 48.6 Å². The molecular formula is C13H23N5. The van der Waals surface area contributed by atoms with E-state index in [0.29, 0.717) is 0 Å². The highest BCUT2D eigenvalue weighted by atomic mass is 15.2. The van der Waals surface area contributed by atoms with Gasteiger partial charge in [-0.1, -0.05) is 6.92 Å². The van der Waals surface area contributed by atoms with Crippen LogP contribution in [0.2, 0.25) is 0 Å². The topological polar surface area (TPSA) is 58.3 Å². The van der Waals surface area contributed by atoms with E-state index in [-0.39, 0.29) is 5.41 Å². The molecule has 2 N–H and O–H groups in total. The molecule has 1 aromatic heterocycles. The summed E-state index contributed by atoms with van der Waals surface area (Å²) < 4.78 is 0. The molecule has 1 aliphatic heterocycles. The van der Waals surface area contributed by atoms with Crippen LogP contribution < -0.4 is 10.6 Å². The fourth-order valence-electron chi connectivity index (χ4n) is 2.34. The van der Waals surface area contributed by atoms with Gasteiger partial charge in [0, 0.05) is 33.4 Å². The Morgan fingerprint density at radius 1 is 1.50 bits per heavy atom. The van der Waals surface area contributed by atoms with Crippen LogP contribution in [0.3, 0.4) is 0 Å². The van der Waals surface area contributed by atoms with Gasteiger partial charge >= 0.3 is 0 Å². The average molecular weight is 249 g/mol. The van der Waals surface area contributed by atoms with Gasteiger partial charge in [0.2, 0.25) is 5.95 Å². The second kappa shape index (κ2) is 5.20. The lowest BCUT2D eigenvalue weighted by Crippen LogP contribution is -2.31. The Balaban J connectivity index is 2.00. The molecule has 0 radical (unpaired) electrons. The maximum absolute atomic E-state index is 5.83. The molecule has 2 rings (SSSR count). The Hall–Kier alpha value is -1.20. The number of anilines is 1. The van der Waals surface area contributed by atoms with Crippen molar-refractivity contribution in [3.05, 3.63) is 18.0 Å². The predicted molar refractivity (Wildman–Crippen MR) is 73.4 cm³/mol. The molecule has 2 heterocycles. The second-order valence-corrected chi connectivity index (χ2v) is 5.72. The van der Waals surface area contributed by atoms with Crippen molar-refractivity contribution in [3.63, 3.8) is 0 Å². The molecule has 0 aliphatic carbocycles. The van der Waals surface area contributed by atoms with Crippen molar-refractivity contribution >= 4 is 5.95 Å². The normalized spacial score (nSPS) is 24.4. The van der Waals surface area contributed by atoms with E-state index in [9.17, 15) is 0 Å². The van der Waals surface area contributed by atoms with Crippen molar-refractivity contribution in [3.8, 4) is 0 Å². The number of nitrogens with zero attached hydrogens (tertiary/aromatic N) is 4. The molecular weight excluding hydrogens is 226 g/mol. The van der Waals surface area contributed by atoms with E-state index in [1.54, 1.807) is 0 Å². The fraction of sp³-hybridized carbons (Fsp3) is 0.692. The van der Waals surface area contributed by atoms with Crippen molar-refractivity contribution in [2.24, 2.45) is 11.1 Å². The minimum atomic E-state index is 0.275. The molecule has 1 aliphatic rings. The minimum Gasteiger partial charge on any atom is -0.347 e. The SMILES string of the molecule is CN(C)c1nccc(CN2CCC(C)(CN)C2)n1. The first kappa shape index (κ1) is 13.2. The van der Waals surface area contributed by atoms with Crippen molar-refractivity contribution in [2.75, 3.05) is 38.6 Å².